The largest absolute Gasteiger partial charge is 0.367 e. The number of carbonyl (C=O) groups excluding carboxylic acids is 1. The number of benzene rings is 2. The van der Waals surface area contributed by atoms with Crippen LogP contribution in [-0.2, 0) is 16.6 Å². The van der Waals surface area contributed by atoms with Crippen LogP contribution in [0, 0.1) is 0 Å². The molecule has 2 aliphatic heterocycles. The molecule has 0 unspecified atom stereocenters. The average Bonchev–Trinajstić information content (AvgIpc) is 3.00. The third kappa shape index (κ3) is 3.66. The zero-order valence-corrected chi connectivity index (χ0v) is 17.0. The summed E-state index contributed by atoms with van der Waals surface area (Å²) >= 11 is 0. The second-order valence-corrected chi connectivity index (χ2v) is 8.88. The highest BCUT2D eigenvalue weighted by molar-refractivity contribution is 5.82. The number of amides is 1. The fraction of sp³-hybridized carbons (Fsp3) is 0.458. The van der Waals surface area contributed by atoms with Crippen LogP contribution in [0.4, 0.5) is 5.69 Å². The summed E-state index contributed by atoms with van der Waals surface area (Å²) in [5.41, 5.74) is 10.4. The molecule has 2 aliphatic rings. The number of para-hydroxylation sites is 1. The monoisotopic (exact) mass is 377 g/mol. The minimum Gasteiger partial charge on any atom is -0.367 e. The predicted molar refractivity (Wildman–Crippen MR) is 115 cm³/mol. The van der Waals surface area contributed by atoms with E-state index in [0.717, 1.165) is 38.0 Å². The maximum Gasteiger partial charge on any atom is 0.239 e. The molecule has 0 aromatic heterocycles. The molecule has 0 radical (unpaired) electrons. The molecular weight excluding hydrogens is 346 g/mol. The third-order valence-corrected chi connectivity index (χ3v) is 6.34. The Morgan fingerprint density at radius 3 is 2.43 bits per heavy atom. The quantitative estimate of drug-likeness (QED) is 0.889. The van der Waals surface area contributed by atoms with E-state index >= 15 is 0 Å². The summed E-state index contributed by atoms with van der Waals surface area (Å²) in [5, 5.41) is 0. The lowest BCUT2D eigenvalue weighted by Crippen LogP contribution is -2.51. The highest BCUT2D eigenvalue weighted by Crippen LogP contribution is 2.42. The molecule has 0 spiro atoms. The molecule has 2 aromatic carbocycles. The zero-order valence-electron chi connectivity index (χ0n) is 17.0. The molecule has 2 heterocycles. The molecule has 4 heteroatoms. The minimum absolute atomic E-state index is 0.0875. The molecule has 2 N–H and O–H groups in total. The summed E-state index contributed by atoms with van der Waals surface area (Å²) in [7, 11) is 0. The number of carbonyl (C=O) groups is 1. The van der Waals surface area contributed by atoms with Crippen LogP contribution in [-0.4, -0.2) is 42.5 Å². The van der Waals surface area contributed by atoms with Crippen molar-refractivity contribution in [3.8, 4) is 0 Å². The molecule has 1 atom stereocenters. The van der Waals surface area contributed by atoms with Crippen molar-refractivity contribution in [1.82, 2.24) is 4.90 Å². The van der Waals surface area contributed by atoms with Gasteiger partial charge in [0.1, 0.15) is 0 Å². The summed E-state index contributed by atoms with van der Waals surface area (Å²) in [6.07, 6.45) is 2.62. The van der Waals surface area contributed by atoms with Gasteiger partial charge in [-0.25, -0.2) is 0 Å². The molecule has 148 valence electrons. The van der Waals surface area contributed by atoms with Gasteiger partial charge in [-0.2, -0.15) is 0 Å². The Labute approximate surface area is 168 Å². The van der Waals surface area contributed by atoms with Gasteiger partial charge < -0.3 is 15.5 Å². The standard InChI is InChI=1S/C24H31N3O/c1-24(2)17-27(22-11-7-6-10-20(22)24)19-12-14-26(15-13-19)23(28)21(25)16-18-8-4-3-5-9-18/h3-11,19,21H,12-17,25H2,1-2H3/t21-/m0/s1. The second-order valence-electron chi connectivity index (χ2n) is 8.88. The van der Waals surface area contributed by atoms with Crippen LogP contribution >= 0.6 is 0 Å². The van der Waals surface area contributed by atoms with Crippen molar-refractivity contribution < 1.29 is 4.79 Å². The number of fused-ring (bicyclic) bond motifs is 1. The van der Waals surface area contributed by atoms with Crippen LogP contribution < -0.4 is 10.6 Å². The van der Waals surface area contributed by atoms with Gasteiger partial charge in [-0.05, 0) is 36.5 Å². The lowest BCUT2D eigenvalue weighted by molar-refractivity contribution is -0.133. The maximum absolute atomic E-state index is 12.8. The average molecular weight is 378 g/mol. The van der Waals surface area contributed by atoms with Crippen LogP contribution in [0.2, 0.25) is 0 Å². The fourth-order valence-corrected chi connectivity index (χ4v) is 4.81. The van der Waals surface area contributed by atoms with Gasteiger partial charge in [-0.3, -0.25) is 4.79 Å². The number of piperidine rings is 1. The van der Waals surface area contributed by atoms with E-state index in [9.17, 15) is 4.79 Å². The Kier molecular flexibility index (Phi) is 5.15. The Balaban J connectivity index is 1.37. The number of rotatable bonds is 4. The van der Waals surface area contributed by atoms with Crippen molar-refractivity contribution in [1.29, 1.82) is 0 Å². The number of anilines is 1. The summed E-state index contributed by atoms with van der Waals surface area (Å²) in [4.78, 5) is 17.4. The van der Waals surface area contributed by atoms with Gasteiger partial charge in [0.25, 0.3) is 0 Å². The lowest BCUT2D eigenvalue weighted by Gasteiger charge is -2.39. The first-order valence-corrected chi connectivity index (χ1v) is 10.4. The van der Waals surface area contributed by atoms with Crippen molar-refractivity contribution >= 4 is 11.6 Å². The van der Waals surface area contributed by atoms with E-state index in [2.05, 4.69) is 43.0 Å². The van der Waals surface area contributed by atoms with Crippen LogP contribution in [0.25, 0.3) is 0 Å². The summed E-state index contributed by atoms with van der Waals surface area (Å²) in [6, 6.07) is 18.9. The Hall–Kier alpha value is -2.33. The molecule has 2 aromatic rings. The van der Waals surface area contributed by atoms with Gasteiger partial charge in [0.2, 0.25) is 5.91 Å². The second kappa shape index (κ2) is 7.59. The van der Waals surface area contributed by atoms with E-state index in [0.29, 0.717) is 12.5 Å². The molecule has 0 saturated carbocycles. The van der Waals surface area contributed by atoms with E-state index in [1.807, 2.05) is 35.2 Å². The SMILES string of the molecule is CC1(C)CN(C2CCN(C(=O)[C@@H](N)Cc3ccccc3)CC2)c2ccccc21. The predicted octanol–water partition coefficient (Wildman–Crippen LogP) is 3.35. The molecule has 28 heavy (non-hydrogen) atoms. The van der Waals surface area contributed by atoms with Gasteiger partial charge in [-0.1, -0.05) is 62.4 Å². The number of nitrogens with zero attached hydrogens (tertiary/aromatic N) is 2. The number of hydrogen-bond donors (Lipinski definition) is 1. The summed E-state index contributed by atoms with van der Waals surface area (Å²) in [6.45, 7) is 7.30. The Morgan fingerprint density at radius 1 is 1.07 bits per heavy atom. The van der Waals surface area contributed by atoms with E-state index in [1.54, 1.807) is 0 Å². The minimum atomic E-state index is -0.453. The van der Waals surface area contributed by atoms with Crippen LogP contribution in [0.5, 0.6) is 0 Å². The summed E-state index contributed by atoms with van der Waals surface area (Å²) in [5.74, 6) is 0.0875. The fourth-order valence-electron chi connectivity index (χ4n) is 4.81. The van der Waals surface area contributed by atoms with Crippen molar-refractivity contribution in [2.75, 3.05) is 24.5 Å². The molecule has 1 fully saturated rings. The first-order valence-electron chi connectivity index (χ1n) is 10.4. The summed E-state index contributed by atoms with van der Waals surface area (Å²) < 4.78 is 0. The molecule has 0 aliphatic carbocycles. The van der Waals surface area contributed by atoms with Crippen LogP contribution in [0.15, 0.2) is 54.6 Å². The lowest BCUT2D eigenvalue weighted by atomic mass is 9.87. The third-order valence-electron chi connectivity index (χ3n) is 6.34. The Morgan fingerprint density at radius 2 is 1.71 bits per heavy atom. The van der Waals surface area contributed by atoms with Crippen LogP contribution in [0.3, 0.4) is 0 Å². The highest BCUT2D eigenvalue weighted by Gasteiger charge is 2.39. The highest BCUT2D eigenvalue weighted by atomic mass is 16.2. The number of likely N-dealkylation sites (tertiary alicyclic amines) is 1. The zero-order chi connectivity index (χ0) is 19.7. The van der Waals surface area contributed by atoms with Crippen molar-refractivity contribution in [3.63, 3.8) is 0 Å². The first-order chi connectivity index (χ1) is 13.5. The molecule has 1 amide bonds. The molecule has 4 nitrogen and oxygen atoms in total. The van der Waals surface area contributed by atoms with Gasteiger partial charge >= 0.3 is 0 Å². The van der Waals surface area contributed by atoms with Gasteiger partial charge in [0.05, 0.1) is 6.04 Å². The normalized spacial score (nSPS) is 20.1. The molecule has 4 rings (SSSR count). The first kappa shape index (κ1) is 19.0. The van der Waals surface area contributed by atoms with E-state index < -0.39 is 6.04 Å². The van der Waals surface area contributed by atoms with Gasteiger partial charge in [0.15, 0.2) is 0 Å². The van der Waals surface area contributed by atoms with Gasteiger partial charge in [0, 0.05) is 36.8 Å². The maximum atomic E-state index is 12.8. The van der Waals surface area contributed by atoms with Crippen molar-refractivity contribution in [3.05, 3.63) is 65.7 Å². The Bertz CT molecular complexity index is 825. The number of nitrogens with two attached hydrogens (primary N) is 1. The van der Waals surface area contributed by atoms with E-state index in [4.69, 9.17) is 5.73 Å². The van der Waals surface area contributed by atoms with E-state index in [1.165, 1.54) is 11.3 Å². The van der Waals surface area contributed by atoms with Crippen molar-refractivity contribution in [2.24, 2.45) is 5.73 Å². The topological polar surface area (TPSA) is 49.6 Å². The molecule has 0 bridgehead atoms. The molecular formula is C24H31N3O. The molecule has 1 saturated heterocycles. The number of hydrogen-bond acceptors (Lipinski definition) is 3. The van der Waals surface area contributed by atoms with Gasteiger partial charge in [-0.15, -0.1) is 0 Å². The van der Waals surface area contributed by atoms with Crippen LogP contribution in [0.1, 0.15) is 37.8 Å². The van der Waals surface area contributed by atoms with E-state index in [-0.39, 0.29) is 11.3 Å². The smallest absolute Gasteiger partial charge is 0.239 e. The van der Waals surface area contributed by atoms with Crippen molar-refractivity contribution in [2.45, 2.75) is 50.6 Å².